The molecule has 2 aromatic heterocycles. The van der Waals surface area contributed by atoms with Gasteiger partial charge in [0, 0.05) is 33.4 Å². The second-order valence-electron chi connectivity index (χ2n) is 12.8. The van der Waals surface area contributed by atoms with E-state index >= 15 is 0 Å². The number of oxazole rings is 1. The Morgan fingerprint density at radius 3 is 1.83 bits per heavy atom. The molecule has 52 heavy (non-hydrogen) atoms. The van der Waals surface area contributed by atoms with Crippen LogP contribution in [-0.2, 0) is 0 Å². The van der Waals surface area contributed by atoms with Crippen molar-refractivity contribution in [3.05, 3.63) is 188 Å². The molecule has 0 saturated carbocycles. The zero-order valence-corrected chi connectivity index (χ0v) is 28.1. The molecule has 0 aliphatic carbocycles. The van der Waals surface area contributed by atoms with Crippen LogP contribution in [-0.4, -0.2) is 4.98 Å². The third-order valence-electron chi connectivity index (χ3n) is 9.62. The van der Waals surface area contributed by atoms with Crippen LogP contribution in [0.25, 0.3) is 55.3 Å². The van der Waals surface area contributed by atoms with Gasteiger partial charge in [-0.1, -0.05) is 115 Å². The summed E-state index contributed by atoms with van der Waals surface area (Å²) in [6.45, 7) is 0. The third kappa shape index (κ3) is 5.07. The normalized spacial score (nSPS) is 11.5. The molecule has 0 atom stereocenters. The summed E-state index contributed by atoms with van der Waals surface area (Å²) in [6, 6.07) is 64.9. The van der Waals surface area contributed by atoms with E-state index in [1.165, 1.54) is 5.39 Å². The molecule has 0 fully saturated rings. The maximum Gasteiger partial charge on any atom is 0.227 e. The molecule has 0 radical (unpaired) electrons. The average Bonchev–Trinajstić information content (AvgIpc) is 3.82. The molecule has 0 aliphatic heterocycles. The number of benzene rings is 8. The number of anilines is 6. The Morgan fingerprint density at radius 2 is 1.04 bits per heavy atom. The third-order valence-corrected chi connectivity index (χ3v) is 9.62. The van der Waals surface area contributed by atoms with Crippen molar-refractivity contribution in [2.24, 2.45) is 0 Å². The summed E-state index contributed by atoms with van der Waals surface area (Å²) in [5.74, 6) is 0.556. The molecule has 0 N–H and O–H groups in total. The lowest BCUT2D eigenvalue weighted by Gasteiger charge is -2.29. The minimum Gasteiger partial charge on any atom is -0.454 e. The minimum absolute atomic E-state index is 0.556. The van der Waals surface area contributed by atoms with Crippen molar-refractivity contribution < 1.29 is 8.83 Å². The summed E-state index contributed by atoms with van der Waals surface area (Å²) >= 11 is 0. The molecule has 0 unspecified atom stereocenters. The Labute approximate surface area is 300 Å². The van der Waals surface area contributed by atoms with Crippen LogP contribution in [0.2, 0.25) is 0 Å². The van der Waals surface area contributed by atoms with Crippen LogP contribution in [0.1, 0.15) is 0 Å². The van der Waals surface area contributed by atoms with Crippen molar-refractivity contribution in [2.75, 3.05) is 9.80 Å². The Kier molecular flexibility index (Phi) is 7.07. The van der Waals surface area contributed by atoms with Crippen LogP contribution in [0.3, 0.4) is 0 Å². The smallest absolute Gasteiger partial charge is 0.227 e. The Bertz CT molecular complexity index is 2860. The first-order valence-corrected chi connectivity index (χ1v) is 17.4. The monoisotopic (exact) mass is 669 g/mol. The van der Waals surface area contributed by atoms with Gasteiger partial charge in [-0.25, -0.2) is 4.98 Å². The van der Waals surface area contributed by atoms with Crippen LogP contribution < -0.4 is 9.80 Å². The van der Waals surface area contributed by atoms with Crippen molar-refractivity contribution in [1.82, 2.24) is 4.98 Å². The first-order valence-electron chi connectivity index (χ1n) is 17.4. The lowest BCUT2D eigenvalue weighted by atomic mass is 10.1. The van der Waals surface area contributed by atoms with E-state index in [9.17, 15) is 0 Å². The van der Waals surface area contributed by atoms with E-state index in [-0.39, 0.29) is 0 Å². The van der Waals surface area contributed by atoms with Gasteiger partial charge in [0.15, 0.2) is 11.2 Å². The number of para-hydroxylation sites is 4. The number of furan rings is 1. The van der Waals surface area contributed by atoms with E-state index in [2.05, 4.69) is 143 Å². The maximum absolute atomic E-state index is 6.78. The Morgan fingerprint density at radius 1 is 0.385 bits per heavy atom. The van der Waals surface area contributed by atoms with E-state index < -0.39 is 0 Å². The summed E-state index contributed by atoms with van der Waals surface area (Å²) in [5, 5.41) is 4.47. The van der Waals surface area contributed by atoms with Gasteiger partial charge < -0.3 is 18.6 Å². The van der Waals surface area contributed by atoms with Gasteiger partial charge in [-0.3, -0.25) is 0 Å². The summed E-state index contributed by atoms with van der Waals surface area (Å²) in [5.41, 5.74) is 9.66. The zero-order valence-electron chi connectivity index (χ0n) is 28.1. The van der Waals surface area contributed by atoms with Crippen LogP contribution >= 0.6 is 0 Å². The molecule has 0 spiro atoms. The van der Waals surface area contributed by atoms with Gasteiger partial charge >= 0.3 is 0 Å². The minimum atomic E-state index is 0.556. The van der Waals surface area contributed by atoms with E-state index in [4.69, 9.17) is 13.8 Å². The summed E-state index contributed by atoms with van der Waals surface area (Å²) < 4.78 is 13.4. The van der Waals surface area contributed by atoms with E-state index in [1.807, 2.05) is 54.6 Å². The highest BCUT2D eigenvalue weighted by molar-refractivity contribution is 6.11. The first-order chi connectivity index (χ1) is 25.8. The highest BCUT2D eigenvalue weighted by atomic mass is 16.4. The van der Waals surface area contributed by atoms with E-state index in [1.54, 1.807) is 0 Å². The summed E-state index contributed by atoms with van der Waals surface area (Å²) in [4.78, 5) is 9.67. The fraction of sp³-hybridized carbons (Fsp3) is 0. The van der Waals surface area contributed by atoms with Gasteiger partial charge in [0.05, 0.1) is 17.1 Å². The lowest BCUT2D eigenvalue weighted by Crippen LogP contribution is -2.13. The van der Waals surface area contributed by atoms with Crippen molar-refractivity contribution >= 4 is 77.9 Å². The second kappa shape index (κ2) is 12.3. The summed E-state index contributed by atoms with van der Waals surface area (Å²) in [6.07, 6.45) is 0. The lowest BCUT2D eigenvalue weighted by molar-refractivity contribution is 0.620. The van der Waals surface area contributed by atoms with Gasteiger partial charge in [-0.2, -0.15) is 0 Å². The standard InChI is InChI=1S/C47H31N3O2/c1-4-16-33(17-5-1)47-48-41-30-38(49(35-19-6-2-7-20-35)37-28-27-32-15-10-11-18-34(32)29-37)31-43(46(41)52-47)50(36-21-8-3-9-22-36)42-25-14-24-40-39-23-12-13-26-44(39)51-45(40)42/h1-31H. The molecule has 10 aromatic rings. The van der Waals surface area contributed by atoms with Crippen molar-refractivity contribution in [3.63, 3.8) is 0 Å². The van der Waals surface area contributed by atoms with Crippen LogP contribution in [0.4, 0.5) is 34.1 Å². The molecule has 0 aliphatic rings. The number of aromatic nitrogens is 1. The highest BCUT2D eigenvalue weighted by Crippen LogP contribution is 2.48. The Hall–Kier alpha value is -7.11. The quantitative estimate of drug-likeness (QED) is 0.169. The molecule has 5 nitrogen and oxygen atoms in total. The summed E-state index contributed by atoms with van der Waals surface area (Å²) in [7, 11) is 0. The van der Waals surface area contributed by atoms with E-state index in [0.717, 1.165) is 72.5 Å². The van der Waals surface area contributed by atoms with Gasteiger partial charge in [0.2, 0.25) is 5.89 Å². The molecular weight excluding hydrogens is 639 g/mol. The van der Waals surface area contributed by atoms with Gasteiger partial charge in [0.1, 0.15) is 11.1 Å². The number of hydrogen-bond acceptors (Lipinski definition) is 5. The number of fused-ring (bicyclic) bond motifs is 5. The predicted molar refractivity (Wildman–Crippen MR) is 214 cm³/mol. The highest BCUT2D eigenvalue weighted by Gasteiger charge is 2.26. The average molecular weight is 670 g/mol. The van der Waals surface area contributed by atoms with Gasteiger partial charge in [-0.15, -0.1) is 0 Å². The van der Waals surface area contributed by atoms with E-state index in [0.29, 0.717) is 11.5 Å². The predicted octanol–water partition coefficient (Wildman–Crippen LogP) is 13.5. The second-order valence-corrected chi connectivity index (χ2v) is 12.8. The molecule has 5 heteroatoms. The van der Waals surface area contributed by atoms with Crippen LogP contribution in [0.15, 0.2) is 197 Å². The van der Waals surface area contributed by atoms with Crippen LogP contribution in [0, 0.1) is 0 Å². The maximum atomic E-state index is 6.78. The van der Waals surface area contributed by atoms with Crippen molar-refractivity contribution in [3.8, 4) is 11.5 Å². The first kappa shape index (κ1) is 29.8. The van der Waals surface area contributed by atoms with Gasteiger partial charge in [-0.05, 0) is 83.6 Å². The topological polar surface area (TPSA) is 45.7 Å². The molecule has 0 saturated heterocycles. The molecule has 0 bridgehead atoms. The SMILES string of the molecule is c1ccc(-c2nc3cc(N(c4ccccc4)c4ccc5ccccc5c4)cc(N(c4ccccc4)c4cccc5c4oc4ccccc45)c3o2)cc1. The molecule has 2 heterocycles. The van der Waals surface area contributed by atoms with Gasteiger partial charge in [0.25, 0.3) is 0 Å². The fourth-order valence-electron chi connectivity index (χ4n) is 7.23. The Balaban J connectivity index is 1.28. The largest absolute Gasteiger partial charge is 0.454 e. The molecule has 246 valence electrons. The van der Waals surface area contributed by atoms with Crippen LogP contribution in [0.5, 0.6) is 0 Å². The number of hydrogen-bond donors (Lipinski definition) is 0. The zero-order chi connectivity index (χ0) is 34.4. The number of rotatable bonds is 7. The fourth-order valence-corrected chi connectivity index (χ4v) is 7.23. The molecule has 10 rings (SSSR count). The molecule has 0 amide bonds. The van der Waals surface area contributed by atoms with Crippen molar-refractivity contribution in [1.29, 1.82) is 0 Å². The molecule has 8 aromatic carbocycles. The molecular formula is C47H31N3O2. The number of nitrogens with zero attached hydrogens (tertiary/aromatic N) is 3. The van der Waals surface area contributed by atoms with Crippen molar-refractivity contribution in [2.45, 2.75) is 0 Å².